The molecule has 0 aliphatic heterocycles. The fourth-order valence-corrected chi connectivity index (χ4v) is 9.18. The highest BCUT2D eigenvalue weighted by Crippen LogP contribution is 2.59. The van der Waals surface area contributed by atoms with E-state index in [4.69, 9.17) is 21.1 Å². The van der Waals surface area contributed by atoms with Crippen LogP contribution in [0.5, 0.6) is 11.5 Å². The van der Waals surface area contributed by atoms with E-state index in [1.165, 1.54) is 70.1 Å². The lowest BCUT2D eigenvalue weighted by atomic mass is 9.51. The first-order chi connectivity index (χ1) is 19.7. The summed E-state index contributed by atoms with van der Waals surface area (Å²) in [7, 11) is -1.23. The van der Waals surface area contributed by atoms with E-state index >= 15 is 0 Å². The Kier molecular flexibility index (Phi) is 7.64. The number of hydrogen-bond acceptors (Lipinski definition) is 5. The van der Waals surface area contributed by atoms with Gasteiger partial charge in [0, 0.05) is 16.8 Å². The summed E-state index contributed by atoms with van der Waals surface area (Å²) in [4.78, 5) is 13.2. The third-order valence-electron chi connectivity index (χ3n) is 9.15. The molecule has 0 spiro atoms. The molecule has 4 fully saturated rings. The fraction of sp³-hybridized carbons (Fsp3) is 0.406. The van der Waals surface area contributed by atoms with E-state index < -0.39 is 22.5 Å². The molecule has 0 heterocycles. The zero-order valence-electron chi connectivity index (χ0n) is 23.3. The SMILES string of the molecule is COc1ccc(S(=O)(=O)N(CC(=O)Nc2ccc(C3C4CC5CC(C4)CC3C5)cc2)c2ccc(Cl)cc2)cc1OC. The summed E-state index contributed by atoms with van der Waals surface area (Å²) in [6.07, 6.45) is 6.84. The zero-order chi connectivity index (χ0) is 28.7. The Hall–Kier alpha value is -3.23. The number of benzene rings is 3. The monoisotopic (exact) mass is 594 g/mol. The predicted octanol–water partition coefficient (Wildman–Crippen LogP) is 6.73. The number of methoxy groups -OCH3 is 2. The van der Waals surface area contributed by atoms with Crippen LogP contribution < -0.4 is 19.1 Å². The Bertz CT molecular complexity index is 1500. The minimum atomic E-state index is -4.15. The third kappa shape index (κ3) is 5.52. The summed E-state index contributed by atoms with van der Waals surface area (Å²) in [6.45, 7) is -0.421. The molecule has 1 amide bonds. The number of ether oxygens (including phenoxy) is 2. The molecule has 7 rings (SSSR count). The van der Waals surface area contributed by atoms with Crippen LogP contribution in [0.15, 0.2) is 71.6 Å². The van der Waals surface area contributed by atoms with Gasteiger partial charge in [0.2, 0.25) is 5.91 Å². The van der Waals surface area contributed by atoms with Crippen molar-refractivity contribution < 1.29 is 22.7 Å². The first-order valence-corrected chi connectivity index (χ1v) is 16.0. The van der Waals surface area contributed by atoms with Gasteiger partial charge in [0.25, 0.3) is 10.0 Å². The normalized spacial score (nSPS) is 24.6. The number of rotatable bonds is 9. The van der Waals surface area contributed by atoms with Crippen LogP contribution in [-0.2, 0) is 14.8 Å². The van der Waals surface area contributed by atoms with E-state index in [1.807, 2.05) is 12.1 Å². The maximum atomic E-state index is 13.8. The minimum absolute atomic E-state index is 0.0297. The Morgan fingerprint density at radius 1 is 0.854 bits per heavy atom. The molecule has 4 aliphatic carbocycles. The molecule has 4 bridgehead atoms. The number of sulfonamides is 1. The van der Waals surface area contributed by atoms with Gasteiger partial charge in [-0.2, -0.15) is 0 Å². The molecule has 4 aliphatic rings. The van der Waals surface area contributed by atoms with E-state index in [9.17, 15) is 13.2 Å². The van der Waals surface area contributed by atoms with Gasteiger partial charge < -0.3 is 14.8 Å². The van der Waals surface area contributed by atoms with Crippen molar-refractivity contribution in [1.29, 1.82) is 0 Å². The lowest BCUT2D eigenvalue weighted by molar-refractivity contribution is -0.114. The van der Waals surface area contributed by atoms with E-state index in [-0.39, 0.29) is 10.6 Å². The van der Waals surface area contributed by atoms with Crippen LogP contribution >= 0.6 is 11.6 Å². The molecule has 0 radical (unpaired) electrons. The lowest BCUT2D eigenvalue weighted by Crippen LogP contribution is -2.43. The van der Waals surface area contributed by atoms with Crippen molar-refractivity contribution in [1.82, 2.24) is 0 Å². The summed E-state index contributed by atoms with van der Waals surface area (Å²) < 4.78 is 39.3. The largest absolute Gasteiger partial charge is 0.493 e. The smallest absolute Gasteiger partial charge is 0.264 e. The second-order valence-electron chi connectivity index (χ2n) is 11.6. The second kappa shape index (κ2) is 11.2. The van der Waals surface area contributed by atoms with Crippen molar-refractivity contribution in [3.8, 4) is 11.5 Å². The molecule has 0 aromatic heterocycles. The minimum Gasteiger partial charge on any atom is -0.493 e. The molecular weight excluding hydrogens is 560 g/mol. The molecule has 0 saturated heterocycles. The van der Waals surface area contributed by atoms with Crippen LogP contribution in [0.1, 0.15) is 43.6 Å². The molecule has 9 heteroatoms. The quantitative estimate of drug-likeness (QED) is 0.297. The van der Waals surface area contributed by atoms with E-state index in [0.29, 0.717) is 28.1 Å². The van der Waals surface area contributed by atoms with Crippen molar-refractivity contribution >= 4 is 38.9 Å². The van der Waals surface area contributed by atoms with Crippen molar-refractivity contribution in [2.45, 2.75) is 42.9 Å². The van der Waals surface area contributed by atoms with Crippen molar-refractivity contribution in [2.24, 2.45) is 23.7 Å². The third-order valence-corrected chi connectivity index (χ3v) is 11.2. The van der Waals surface area contributed by atoms with Gasteiger partial charge in [0.15, 0.2) is 11.5 Å². The molecule has 3 aromatic rings. The van der Waals surface area contributed by atoms with Gasteiger partial charge in [-0.05, 0) is 116 Å². The van der Waals surface area contributed by atoms with Crippen LogP contribution in [0.4, 0.5) is 11.4 Å². The maximum absolute atomic E-state index is 13.8. The number of nitrogens with one attached hydrogen (secondary N) is 1. The Morgan fingerprint density at radius 2 is 1.46 bits per heavy atom. The molecule has 3 aromatic carbocycles. The van der Waals surface area contributed by atoms with Crippen molar-refractivity contribution in [3.63, 3.8) is 0 Å². The molecule has 1 N–H and O–H groups in total. The average Bonchev–Trinajstić information content (AvgIpc) is 2.96. The number of hydrogen-bond donors (Lipinski definition) is 1. The first-order valence-electron chi connectivity index (χ1n) is 14.1. The number of nitrogens with zero attached hydrogens (tertiary/aromatic N) is 1. The summed E-state index contributed by atoms with van der Waals surface area (Å²) in [5.41, 5.74) is 2.31. The molecule has 0 unspecified atom stereocenters. The molecule has 216 valence electrons. The lowest BCUT2D eigenvalue weighted by Gasteiger charge is -2.54. The maximum Gasteiger partial charge on any atom is 0.264 e. The predicted molar refractivity (Wildman–Crippen MR) is 160 cm³/mol. The average molecular weight is 595 g/mol. The van der Waals surface area contributed by atoms with Crippen molar-refractivity contribution in [3.05, 3.63) is 77.3 Å². The van der Waals surface area contributed by atoms with Gasteiger partial charge in [0.05, 0.1) is 24.8 Å². The number of halogens is 1. The molecular formula is C32H35ClN2O5S. The van der Waals surface area contributed by atoms with Gasteiger partial charge in [0.1, 0.15) is 6.54 Å². The van der Waals surface area contributed by atoms with Gasteiger partial charge >= 0.3 is 0 Å². The molecule has 7 nitrogen and oxygen atoms in total. The van der Waals surface area contributed by atoms with E-state index in [1.54, 1.807) is 24.3 Å². The Labute approximate surface area is 246 Å². The first kappa shape index (κ1) is 27.9. The number of anilines is 2. The second-order valence-corrected chi connectivity index (χ2v) is 13.9. The standard InChI is InChI=1S/C32H35ClN2O5S/c1-39-29-12-11-28(18-30(29)40-2)41(37,38)35(27-9-5-25(33)6-10-27)19-31(36)34-26-7-3-22(4-8-26)32-23-14-20-13-21(16-23)17-24(32)15-20/h3-12,18,20-21,23-24,32H,13-17,19H2,1-2H3,(H,34,36). The summed E-state index contributed by atoms with van der Waals surface area (Å²) in [5.74, 6) is 4.23. The highest BCUT2D eigenvalue weighted by atomic mass is 35.5. The van der Waals surface area contributed by atoms with Gasteiger partial charge in [-0.1, -0.05) is 23.7 Å². The van der Waals surface area contributed by atoms with Crippen LogP contribution in [0.2, 0.25) is 5.02 Å². The molecule has 41 heavy (non-hydrogen) atoms. The van der Waals surface area contributed by atoms with Crippen LogP contribution in [-0.4, -0.2) is 35.1 Å². The van der Waals surface area contributed by atoms with Crippen molar-refractivity contribution in [2.75, 3.05) is 30.4 Å². The van der Waals surface area contributed by atoms with E-state index in [2.05, 4.69) is 17.4 Å². The Balaban J connectivity index is 1.21. The number of carbonyl (C=O) groups is 1. The highest BCUT2D eigenvalue weighted by molar-refractivity contribution is 7.92. The van der Waals surface area contributed by atoms with Gasteiger partial charge in [-0.3, -0.25) is 9.10 Å². The summed E-state index contributed by atoms with van der Waals surface area (Å²) in [5, 5.41) is 3.36. The number of amides is 1. The molecule has 0 atom stereocenters. The fourth-order valence-electron chi connectivity index (χ4n) is 7.62. The summed E-state index contributed by atoms with van der Waals surface area (Å²) >= 11 is 6.06. The highest BCUT2D eigenvalue weighted by Gasteiger charge is 2.48. The topological polar surface area (TPSA) is 84.9 Å². The van der Waals surface area contributed by atoms with Crippen LogP contribution in [0.25, 0.3) is 0 Å². The zero-order valence-corrected chi connectivity index (χ0v) is 24.8. The van der Waals surface area contributed by atoms with Crippen LogP contribution in [0.3, 0.4) is 0 Å². The Morgan fingerprint density at radius 3 is 2.05 bits per heavy atom. The summed E-state index contributed by atoms with van der Waals surface area (Å²) in [6, 6.07) is 18.8. The van der Waals surface area contributed by atoms with Gasteiger partial charge in [-0.25, -0.2) is 8.42 Å². The van der Waals surface area contributed by atoms with E-state index in [0.717, 1.165) is 28.0 Å². The van der Waals surface area contributed by atoms with Gasteiger partial charge in [-0.15, -0.1) is 0 Å². The molecule has 4 saturated carbocycles. The number of carbonyl (C=O) groups excluding carboxylic acids is 1. The van der Waals surface area contributed by atoms with Crippen LogP contribution in [0, 0.1) is 23.7 Å².